The van der Waals surface area contributed by atoms with E-state index < -0.39 is 4.92 Å². The van der Waals surface area contributed by atoms with Crippen LogP contribution >= 0.6 is 0 Å². The fourth-order valence-corrected chi connectivity index (χ4v) is 1.86. The van der Waals surface area contributed by atoms with Crippen molar-refractivity contribution < 1.29 is 4.92 Å². The summed E-state index contributed by atoms with van der Waals surface area (Å²) < 4.78 is 1.64. The fourth-order valence-electron chi connectivity index (χ4n) is 1.86. The molecule has 2 rings (SSSR count). The van der Waals surface area contributed by atoms with Crippen LogP contribution in [0.1, 0.15) is 17.3 Å². The monoisotopic (exact) mass is 246 g/mol. The number of hydrogen-bond donors (Lipinski definition) is 1. The molecule has 0 bridgehead atoms. The molecule has 1 aromatic heterocycles. The summed E-state index contributed by atoms with van der Waals surface area (Å²) in [5, 5.41) is 10.8. The van der Waals surface area contributed by atoms with Crippen LogP contribution in [0.2, 0.25) is 0 Å². The van der Waals surface area contributed by atoms with Gasteiger partial charge in [-0.2, -0.15) is 0 Å². The predicted octanol–water partition coefficient (Wildman–Crippen LogP) is 1.57. The molecule has 0 saturated heterocycles. The van der Waals surface area contributed by atoms with Crippen molar-refractivity contribution in [2.24, 2.45) is 12.8 Å². The van der Waals surface area contributed by atoms with Gasteiger partial charge >= 0.3 is 5.82 Å². The van der Waals surface area contributed by atoms with Gasteiger partial charge in [-0.1, -0.05) is 30.3 Å². The summed E-state index contributed by atoms with van der Waals surface area (Å²) >= 11 is 0. The van der Waals surface area contributed by atoms with Gasteiger partial charge in [-0.05, 0) is 15.5 Å². The van der Waals surface area contributed by atoms with Gasteiger partial charge < -0.3 is 20.4 Å². The maximum atomic E-state index is 10.8. The molecule has 18 heavy (non-hydrogen) atoms. The van der Waals surface area contributed by atoms with Crippen molar-refractivity contribution in [2.75, 3.05) is 0 Å². The highest BCUT2D eigenvalue weighted by Crippen LogP contribution is 2.21. The van der Waals surface area contributed by atoms with E-state index in [1.54, 1.807) is 11.6 Å². The van der Waals surface area contributed by atoms with Crippen LogP contribution in [-0.4, -0.2) is 14.5 Å². The first-order valence-corrected chi connectivity index (χ1v) is 5.54. The fraction of sp³-hybridized carbons (Fsp3) is 0.250. The normalized spacial score (nSPS) is 12.3. The van der Waals surface area contributed by atoms with Crippen molar-refractivity contribution in [3.8, 4) is 0 Å². The molecular formula is C12H14N4O2. The highest BCUT2D eigenvalue weighted by atomic mass is 16.6. The Hall–Kier alpha value is -2.21. The Labute approximate surface area is 104 Å². The second kappa shape index (κ2) is 4.97. The largest absolute Gasteiger partial charge is 0.384 e. The van der Waals surface area contributed by atoms with Gasteiger partial charge in [-0.3, -0.25) is 0 Å². The lowest BCUT2D eigenvalue weighted by Gasteiger charge is -2.11. The number of aromatic nitrogens is 2. The minimum absolute atomic E-state index is 0.121. The van der Waals surface area contributed by atoms with Crippen molar-refractivity contribution in [3.63, 3.8) is 0 Å². The van der Waals surface area contributed by atoms with Gasteiger partial charge in [-0.15, -0.1) is 0 Å². The van der Waals surface area contributed by atoms with E-state index in [-0.39, 0.29) is 11.9 Å². The predicted molar refractivity (Wildman–Crippen MR) is 66.9 cm³/mol. The molecule has 6 nitrogen and oxygen atoms in total. The average Bonchev–Trinajstić information content (AvgIpc) is 2.72. The lowest BCUT2D eigenvalue weighted by Crippen LogP contribution is -2.15. The maximum absolute atomic E-state index is 10.8. The molecule has 0 aliphatic rings. The highest BCUT2D eigenvalue weighted by molar-refractivity contribution is 5.30. The number of benzene rings is 1. The summed E-state index contributed by atoms with van der Waals surface area (Å²) in [4.78, 5) is 14.1. The minimum Gasteiger partial charge on any atom is -0.358 e. The molecule has 1 aromatic carbocycles. The van der Waals surface area contributed by atoms with Gasteiger partial charge in [0, 0.05) is 19.5 Å². The third kappa shape index (κ3) is 2.38. The van der Waals surface area contributed by atoms with Crippen LogP contribution < -0.4 is 5.73 Å². The Kier molecular flexibility index (Phi) is 3.38. The molecule has 0 radical (unpaired) electrons. The number of nitrogens with two attached hydrogens (primary N) is 1. The molecule has 0 aliphatic carbocycles. The zero-order chi connectivity index (χ0) is 13.1. The molecule has 1 heterocycles. The maximum Gasteiger partial charge on any atom is 0.384 e. The van der Waals surface area contributed by atoms with E-state index in [9.17, 15) is 10.1 Å². The van der Waals surface area contributed by atoms with E-state index in [0.717, 1.165) is 5.56 Å². The van der Waals surface area contributed by atoms with E-state index >= 15 is 0 Å². The van der Waals surface area contributed by atoms with Gasteiger partial charge in [0.2, 0.25) is 6.33 Å². The lowest BCUT2D eigenvalue weighted by atomic mass is 10.0. The van der Waals surface area contributed by atoms with Crippen LogP contribution in [0, 0.1) is 10.1 Å². The zero-order valence-electron chi connectivity index (χ0n) is 9.98. The quantitative estimate of drug-likeness (QED) is 0.655. The molecule has 0 aliphatic heterocycles. The van der Waals surface area contributed by atoms with Crippen LogP contribution in [0.3, 0.4) is 0 Å². The van der Waals surface area contributed by atoms with Crippen LogP contribution in [-0.2, 0) is 13.5 Å². The van der Waals surface area contributed by atoms with E-state index in [1.165, 1.54) is 6.33 Å². The molecular weight excluding hydrogens is 232 g/mol. The Morgan fingerprint density at radius 2 is 2.11 bits per heavy atom. The lowest BCUT2D eigenvalue weighted by molar-refractivity contribution is -0.390. The molecule has 2 N–H and O–H groups in total. The molecule has 94 valence electrons. The molecule has 2 aromatic rings. The van der Waals surface area contributed by atoms with Gasteiger partial charge in [0.25, 0.3) is 0 Å². The van der Waals surface area contributed by atoms with Crippen LogP contribution in [0.15, 0.2) is 36.7 Å². The molecule has 0 saturated carbocycles. The van der Waals surface area contributed by atoms with Crippen molar-refractivity contribution in [1.82, 2.24) is 9.55 Å². The van der Waals surface area contributed by atoms with Gasteiger partial charge in [-0.25, -0.2) is 0 Å². The Bertz CT molecular complexity index is 550. The minimum atomic E-state index is -0.479. The highest BCUT2D eigenvalue weighted by Gasteiger charge is 2.22. The average molecular weight is 246 g/mol. The number of nitro groups is 1. The molecule has 6 heteroatoms. The second-order valence-electron chi connectivity index (χ2n) is 4.10. The van der Waals surface area contributed by atoms with Crippen LogP contribution in [0.5, 0.6) is 0 Å². The third-order valence-electron chi connectivity index (χ3n) is 2.85. The van der Waals surface area contributed by atoms with Crippen molar-refractivity contribution in [2.45, 2.75) is 12.5 Å². The first-order chi connectivity index (χ1) is 8.59. The van der Waals surface area contributed by atoms with E-state index in [2.05, 4.69) is 4.98 Å². The third-order valence-corrected chi connectivity index (χ3v) is 2.85. The first-order valence-electron chi connectivity index (χ1n) is 5.54. The first kappa shape index (κ1) is 12.3. The summed E-state index contributed by atoms with van der Waals surface area (Å²) in [5.41, 5.74) is 7.55. The number of aryl methyl sites for hydroxylation is 1. The van der Waals surface area contributed by atoms with Crippen molar-refractivity contribution >= 4 is 5.82 Å². The number of nitrogens with zero attached hydrogens (tertiary/aromatic N) is 3. The van der Waals surface area contributed by atoms with Crippen LogP contribution in [0.25, 0.3) is 0 Å². The van der Waals surface area contributed by atoms with Gasteiger partial charge in [0.1, 0.15) is 5.69 Å². The molecule has 1 unspecified atom stereocenters. The van der Waals surface area contributed by atoms with E-state index in [0.29, 0.717) is 12.1 Å². The molecule has 1 atom stereocenters. The summed E-state index contributed by atoms with van der Waals surface area (Å²) in [6.07, 6.45) is 1.82. The smallest absolute Gasteiger partial charge is 0.358 e. The van der Waals surface area contributed by atoms with E-state index in [4.69, 9.17) is 5.73 Å². The molecule has 0 spiro atoms. The summed E-state index contributed by atoms with van der Waals surface area (Å²) in [5.74, 6) is -0.121. The Morgan fingerprint density at radius 3 is 2.72 bits per heavy atom. The molecule has 0 amide bonds. The van der Waals surface area contributed by atoms with E-state index in [1.807, 2.05) is 30.3 Å². The Balaban J connectivity index is 2.24. The zero-order valence-corrected chi connectivity index (χ0v) is 9.98. The number of rotatable bonds is 4. The summed E-state index contributed by atoms with van der Waals surface area (Å²) in [6.45, 7) is 0. The summed E-state index contributed by atoms with van der Waals surface area (Å²) in [7, 11) is 1.73. The topological polar surface area (TPSA) is 87.0 Å². The number of hydrogen-bond acceptors (Lipinski definition) is 4. The summed E-state index contributed by atoms with van der Waals surface area (Å²) in [6, 6.07) is 9.24. The molecule has 0 fully saturated rings. The van der Waals surface area contributed by atoms with Crippen LogP contribution in [0.4, 0.5) is 5.82 Å². The van der Waals surface area contributed by atoms with Crippen molar-refractivity contribution in [3.05, 3.63) is 58.0 Å². The SMILES string of the molecule is Cn1cnc([N+](=O)[O-])c1CC(N)c1ccccc1. The Morgan fingerprint density at radius 1 is 1.44 bits per heavy atom. The second-order valence-corrected chi connectivity index (χ2v) is 4.10. The van der Waals surface area contributed by atoms with Crippen molar-refractivity contribution in [1.29, 1.82) is 0 Å². The number of imidazole rings is 1. The van der Waals surface area contributed by atoms with Gasteiger partial charge in [0.15, 0.2) is 0 Å². The van der Waals surface area contributed by atoms with Gasteiger partial charge in [0.05, 0.1) is 0 Å². The standard InChI is InChI=1S/C12H14N4O2/c1-15-8-14-12(16(17)18)11(15)7-10(13)9-5-3-2-4-6-9/h2-6,8,10H,7,13H2,1H3.